The number of benzene rings is 4. The van der Waals surface area contributed by atoms with Gasteiger partial charge >= 0.3 is 36.2 Å². The van der Waals surface area contributed by atoms with Crippen molar-refractivity contribution in [3.05, 3.63) is 143 Å². The summed E-state index contributed by atoms with van der Waals surface area (Å²) in [5.41, 5.74) is 5.13. The number of carbonyl (C=O) groups excluding carboxylic acids is 4. The molecule has 2 saturated heterocycles. The highest BCUT2D eigenvalue weighted by atomic mass is 19.4. The van der Waals surface area contributed by atoms with Crippen LogP contribution in [0.2, 0.25) is 0 Å². The third-order valence-electron chi connectivity index (χ3n) is 10.6. The number of ketones is 1. The molecule has 0 unspecified atom stereocenters. The fourth-order valence-corrected chi connectivity index (χ4v) is 6.96. The molecule has 67 heavy (non-hydrogen) atoms. The van der Waals surface area contributed by atoms with E-state index in [1.807, 2.05) is 109 Å². The van der Waals surface area contributed by atoms with Crippen molar-refractivity contribution in [1.82, 2.24) is 25.3 Å². The van der Waals surface area contributed by atoms with Crippen LogP contribution in [-0.2, 0) is 57.6 Å². The molecule has 0 saturated carbocycles. The second kappa shape index (κ2) is 23.6. The molecular weight excluding hydrogens is 889 g/mol. The van der Waals surface area contributed by atoms with E-state index in [0.29, 0.717) is 78.5 Å². The Morgan fingerprint density at radius 1 is 0.567 bits per heavy atom. The second-order valence-corrected chi connectivity index (χ2v) is 15.5. The summed E-state index contributed by atoms with van der Waals surface area (Å²) in [6.07, 6.45) is -8.66. The number of ether oxygens (including phenoxy) is 2. The zero-order valence-corrected chi connectivity index (χ0v) is 36.3. The molecule has 0 aliphatic carbocycles. The minimum absolute atomic E-state index is 0.00312. The lowest BCUT2D eigenvalue weighted by molar-refractivity contribution is -0.173. The number of amides is 5. The van der Waals surface area contributed by atoms with Crippen molar-refractivity contribution >= 4 is 35.1 Å². The van der Waals surface area contributed by atoms with Crippen LogP contribution < -0.4 is 15.1 Å². The van der Waals surface area contributed by atoms with Gasteiger partial charge in [0, 0.05) is 50.4 Å². The summed E-state index contributed by atoms with van der Waals surface area (Å²) in [7, 11) is 0. The summed E-state index contributed by atoms with van der Waals surface area (Å²) in [5, 5.41) is 8.08. The molecule has 1 aromatic heterocycles. The normalized spacial score (nSPS) is 14.1. The highest BCUT2D eigenvalue weighted by molar-refractivity contribution is 5.93. The maximum Gasteiger partial charge on any atom is 0.471 e. The number of nitrogens with one attached hydrogen (secondary N) is 1. The Morgan fingerprint density at radius 2 is 1.00 bits per heavy atom. The molecule has 20 heteroatoms. The topological polar surface area (TPSA) is 151 Å². The number of hydrogen-bond acceptors (Lipinski definition) is 9. The summed E-state index contributed by atoms with van der Waals surface area (Å²) in [5.74, 6) is -4.01. The fourth-order valence-electron chi connectivity index (χ4n) is 6.96. The number of para-hydroxylation sites is 2. The molecule has 0 spiro atoms. The molecule has 0 radical (unpaired) electrons. The molecule has 5 amide bonds. The summed E-state index contributed by atoms with van der Waals surface area (Å²) in [4.78, 5) is 55.9. The zero-order valence-electron chi connectivity index (χ0n) is 36.3. The lowest BCUT2D eigenvalue weighted by atomic mass is 10.1. The standard InChI is InChI=1S/C24H26F3N3O4.C23H23F3N4O3/c25-24(26,27)22(32)28-16-21(31)11-10-18-6-8-19(9-7-18)17-30(20-4-2-1-3-5-20)23(33)29-12-14-34-15-13-29;24-23(25,26)21-28-27-20(33-21)11-10-17-6-8-18(9-7-17)16-30(19-4-2-1-3-5-19)22(31)29-12-14-32-15-13-29/h1-9H,10-17H2,(H,28,32);1-9H,10-16H2. The number of rotatable bonds is 14. The Balaban J connectivity index is 0.000000221. The van der Waals surface area contributed by atoms with Crippen molar-refractivity contribution < 1.29 is 59.4 Å². The van der Waals surface area contributed by atoms with E-state index in [-0.39, 0.29) is 30.8 Å². The first-order valence-electron chi connectivity index (χ1n) is 21.4. The van der Waals surface area contributed by atoms with Crippen molar-refractivity contribution in [3.8, 4) is 0 Å². The van der Waals surface area contributed by atoms with E-state index in [2.05, 4.69) is 14.6 Å². The number of Topliss-reactive ketones (excluding diaryl/α,β-unsaturated/α-hetero) is 1. The molecular formula is C47H49F6N7O7. The summed E-state index contributed by atoms with van der Waals surface area (Å²) >= 11 is 0. The van der Waals surface area contributed by atoms with Crippen molar-refractivity contribution in [1.29, 1.82) is 0 Å². The maximum absolute atomic E-state index is 13.2. The van der Waals surface area contributed by atoms with Gasteiger partial charge in [0.15, 0.2) is 5.78 Å². The van der Waals surface area contributed by atoms with E-state index in [4.69, 9.17) is 9.47 Å². The summed E-state index contributed by atoms with van der Waals surface area (Å²) in [6, 6.07) is 33.6. The highest BCUT2D eigenvalue weighted by Crippen LogP contribution is 2.28. The van der Waals surface area contributed by atoms with E-state index in [1.165, 1.54) is 0 Å². The molecule has 356 valence electrons. The summed E-state index contributed by atoms with van der Waals surface area (Å²) < 4.78 is 89.7. The highest BCUT2D eigenvalue weighted by Gasteiger charge is 2.39. The van der Waals surface area contributed by atoms with E-state index < -0.39 is 36.5 Å². The Morgan fingerprint density at radius 3 is 1.42 bits per heavy atom. The van der Waals surface area contributed by atoms with Crippen LogP contribution in [0.25, 0.3) is 0 Å². The molecule has 3 heterocycles. The van der Waals surface area contributed by atoms with Gasteiger partial charge in [0.05, 0.1) is 46.1 Å². The third kappa shape index (κ3) is 15.1. The first-order valence-corrected chi connectivity index (χ1v) is 21.4. The molecule has 0 atom stereocenters. The molecule has 2 aliphatic rings. The molecule has 4 aromatic carbocycles. The van der Waals surface area contributed by atoms with Gasteiger partial charge in [-0.2, -0.15) is 26.3 Å². The number of alkyl halides is 6. The van der Waals surface area contributed by atoms with Gasteiger partial charge in [-0.1, -0.05) is 84.9 Å². The molecule has 5 aromatic rings. The van der Waals surface area contributed by atoms with Crippen LogP contribution in [0.4, 0.5) is 47.3 Å². The van der Waals surface area contributed by atoms with E-state index in [1.54, 1.807) is 24.9 Å². The van der Waals surface area contributed by atoms with Crippen LogP contribution in [0.15, 0.2) is 114 Å². The van der Waals surface area contributed by atoms with Gasteiger partial charge in [-0.05, 0) is 59.4 Å². The van der Waals surface area contributed by atoms with Gasteiger partial charge < -0.3 is 29.0 Å². The maximum atomic E-state index is 13.2. The smallest absolute Gasteiger partial charge is 0.417 e. The average Bonchev–Trinajstić information content (AvgIpc) is 3.85. The van der Waals surface area contributed by atoms with Crippen LogP contribution in [0.5, 0.6) is 0 Å². The second-order valence-electron chi connectivity index (χ2n) is 15.5. The first kappa shape index (κ1) is 49.6. The molecule has 1 N–H and O–H groups in total. The monoisotopic (exact) mass is 937 g/mol. The van der Waals surface area contributed by atoms with Gasteiger partial charge in [0.25, 0.3) is 0 Å². The van der Waals surface area contributed by atoms with E-state index >= 15 is 0 Å². The fraction of sp³-hybridized carbons (Fsp3) is 0.362. The lowest BCUT2D eigenvalue weighted by Gasteiger charge is -2.33. The van der Waals surface area contributed by atoms with E-state index in [9.17, 15) is 45.5 Å². The Hall–Kier alpha value is -6.80. The quantitative estimate of drug-likeness (QED) is 0.111. The number of morpholine rings is 2. The van der Waals surface area contributed by atoms with Crippen LogP contribution in [0, 0.1) is 0 Å². The predicted octanol–water partition coefficient (Wildman–Crippen LogP) is 7.66. The Kier molecular flexibility index (Phi) is 17.5. The number of aryl methyl sites for hydroxylation is 3. The Bertz CT molecular complexity index is 2360. The number of aromatic nitrogens is 2. The molecule has 7 rings (SSSR count). The number of hydrogen-bond donors (Lipinski definition) is 1. The summed E-state index contributed by atoms with van der Waals surface area (Å²) in [6.45, 7) is 4.27. The van der Waals surface area contributed by atoms with Gasteiger partial charge in [-0.25, -0.2) is 9.59 Å². The van der Waals surface area contributed by atoms with Crippen LogP contribution in [0.3, 0.4) is 0 Å². The molecule has 14 nitrogen and oxygen atoms in total. The third-order valence-corrected chi connectivity index (χ3v) is 10.6. The SMILES string of the molecule is O=C(CCc1ccc(CN(C(=O)N2CCOCC2)c2ccccc2)cc1)CNC(=O)C(F)(F)F.O=C(N1CCOCC1)N(Cc1ccc(CCc2nnc(C(F)(F)F)o2)cc1)c1ccccc1. The largest absolute Gasteiger partial charge is 0.471 e. The molecule has 2 fully saturated rings. The molecule has 2 aliphatic heterocycles. The average molecular weight is 938 g/mol. The van der Waals surface area contributed by atoms with E-state index in [0.717, 1.165) is 33.6 Å². The van der Waals surface area contributed by atoms with Crippen molar-refractivity contribution in [2.75, 3.05) is 69.0 Å². The zero-order chi connectivity index (χ0) is 47.8. The van der Waals surface area contributed by atoms with Gasteiger partial charge in [-0.15, -0.1) is 10.2 Å². The minimum atomic E-state index is -5.01. The van der Waals surface area contributed by atoms with Crippen LogP contribution in [0.1, 0.15) is 40.5 Å². The number of halogens is 6. The predicted molar refractivity (Wildman–Crippen MR) is 233 cm³/mol. The van der Waals surface area contributed by atoms with Crippen molar-refractivity contribution in [2.45, 2.75) is 51.1 Å². The number of urea groups is 2. The van der Waals surface area contributed by atoms with Crippen molar-refractivity contribution in [2.24, 2.45) is 0 Å². The lowest BCUT2D eigenvalue weighted by Crippen LogP contribution is -2.48. The van der Waals surface area contributed by atoms with Gasteiger partial charge in [-0.3, -0.25) is 19.4 Å². The first-order chi connectivity index (χ1) is 32.1. The van der Waals surface area contributed by atoms with Crippen LogP contribution >= 0.6 is 0 Å². The van der Waals surface area contributed by atoms with Gasteiger partial charge in [0.2, 0.25) is 5.89 Å². The number of nitrogens with zero attached hydrogens (tertiary/aromatic N) is 6. The Labute approximate surface area is 382 Å². The van der Waals surface area contributed by atoms with Crippen molar-refractivity contribution in [3.63, 3.8) is 0 Å². The van der Waals surface area contributed by atoms with Crippen LogP contribution in [-0.4, -0.2) is 109 Å². The number of carbonyl (C=O) groups is 4. The molecule has 0 bridgehead atoms. The van der Waals surface area contributed by atoms with Gasteiger partial charge in [0.1, 0.15) is 0 Å². The minimum Gasteiger partial charge on any atom is -0.417 e. The number of anilines is 2.